The summed E-state index contributed by atoms with van der Waals surface area (Å²) in [5.41, 5.74) is 5.03. The molecule has 60 valence electrons. The Kier molecular flexibility index (Phi) is 2.84. The molecule has 0 aromatic rings. The van der Waals surface area contributed by atoms with Crippen LogP contribution in [-0.4, -0.2) is 29.9 Å². The highest BCUT2D eigenvalue weighted by molar-refractivity contribution is 5.75. The average Bonchev–Trinajstić information content (AvgIpc) is 1.60. The molecule has 0 rings (SSSR count). The third-order valence-electron chi connectivity index (χ3n) is 1.54. The fourth-order valence-electron chi connectivity index (χ4n) is 0.471. The number of carbonyl (C=O) groups excluding carboxylic acids is 1. The van der Waals surface area contributed by atoms with Crippen molar-refractivity contribution in [2.45, 2.75) is 26.3 Å². The van der Waals surface area contributed by atoms with E-state index in [-0.39, 0.29) is 11.4 Å². The van der Waals surface area contributed by atoms with Gasteiger partial charge in [0.1, 0.15) is 0 Å². The van der Waals surface area contributed by atoms with Crippen LogP contribution in [0.15, 0.2) is 0 Å². The lowest BCUT2D eigenvalue weighted by Crippen LogP contribution is -2.43. The molecule has 2 N–H and O–H groups in total. The van der Waals surface area contributed by atoms with Gasteiger partial charge >= 0.3 is 0 Å². The lowest BCUT2D eigenvalue weighted by molar-refractivity contribution is -0.119. The number of carbonyl (C=O) groups is 1. The molecule has 0 saturated heterocycles. The van der Waals surface area contributed by atoms with Crippen LogP contribution < -0.4 is 5.73 Å². The summed E-state index contributed by atoms with van der Waals surface area (Å²) in [5, 5.41) is 0. The molecule has 0 atom stereocenters. The summed E-state index contributed by atoms with van der Waals surface area (Å²) in [7, 11) is 1.88. The maximum atomic E-state index is 10.4. The quantitative estimate of drug-likeness (QED) is 0.602. The van der Waals surface area contributed by atoms with Crippen molar-refractivity contribution in [1.82, 2.24) is 4.90 Å². The summed E-state index contributed by atoms with van der Waals surface area (Å²) in [4.78, 5) is 12.3. The predicted molar refractivity (Wildman–Crippen MR) is 41.6 cm³/mol. The Morgan fingerprint density at radius 1 is 1.50 bits per heavy atom. The van der Waals surface area contributed by atoms with E-state index >= 15 is 0 Å². The zero-order valence-electron chi connectivity index (χ0n) is 7.14. The standard InChI is InChI=1S/C7H16N2O/c1-7(2,3)9(4)5-6(8)10/h5H2,1-4H3,(H2,8,10). The normalized spacial score (nSPS) is 12.1. The number of hydrogen-bond acceptors (Lipinski definition) is 2. The molecular weight excluding hydrogens is 128 g/mol. The SMILES string of the molecule is CN(CC(N)=O)C(C)(C)C. The van der Waals surface area contributed by atoms with E-state index in [2.05, 4.69) is 0 Å². The first-order chi connectivity index (χ1) is 4.34. The van der Waals surface area contributed by atoms with E-state index in [4.69, 9.17) is 5.73 Å². The second-order valence-electron chi connectivity index (χ2n) is 3.49. The lowest BCUT2D eigenvalue weighted by atomic mass is 10.1. The summed E-state index contributed by atoms with van der Waals surface area (Å²) >= 11 is 0. The number of primary amides is 1. The van der Waals surface area contributed by atoms with Gasteiger partial charge in [0.15, 0.2) is 0 Å². The third kappa shape index (κ3) is 3.45. The molecule has 0 fully saturated rings. The maximum Gasteiger partial charge on any atom is 0.231 e. The minimum absolute atomic E-state index is 0.0228. The van der Waals surface area contributed by atoms with E-state index in [0.29, 0.717) is 6.54 Å². The largest absolute Gasteiger partial charge is 0.369 e. The van der Waals surface area contributed by atoms with Gasteiger partial charge in [0, 0.05) is 5.54 Å². The molecular formula is C7H16N2O. The van der Waals surface area contributed by atoms with Gasteiger partial charge in [-0.3, -0.25) is 9.69 Å². The van der Waals surface area contributed by atoms with Crippen molar-refractivity contribution in [3.05, 3.63) is 0 Å². The molecule has 0 aliphatic heterocycles. The number of amides is 1. The van der Waals surface area contributed by atoms with Crippen molar-refractivity contribution in [2.24, 2.45) is 5.73 Å². The lowest BCUT2D eigenvalue weighted by Gasteiger charge is -2.30. The van der Waals surface area contributed by atoms with Crippen molar-refractivity contribution in [2.75, 3.05) is 13.6 Å². The van der Waals surface area contributed by atoms with Crippen LogP contribution in [0.1, 0.15) is 20.8 Å². The van der Waals surface area contributed by atoms with Gasteiger partial charge in [0.2, 0.25) is 5.91 Å². The van der Waals surface area contributed by atoms with E-state index in [1.807, 2.05) is 32.7 Å². The Balaban J connectivity index is 3.85. The Labute approximate surface area is 62.2 Å². The van der Waals surface area contributed by atoms with Gasteiger partial charge in [-0.1, -0.05) is 0 Å². The first kappa shape index (κ1) is 9.43. The molecule has 0 heterocycles. The van der Waals surface area contributed by atoms with Crippen LogP contribution >= 0.6 is 0 Å². The summed E-state index contributed by atoms with van der Waals surface area (Å²) in [5.74, 6) is -0.280. The van der Waals surface area contributed by atoms with Crippen LogP contribution in [0.25, 0.3) is 0 Å². The molecule has 0 unspecified atom stereocenters. The van der Waals surface area contributed by atoms with Gasteiger partial charge in [-0.25, -0.2) is 0 Å². The molecule has 1 amide bonds. The minimum atomic E-state index is -0.280. The van der Waals surface area contributed by atoms with Gasteiger partial charge in [0.25, 0.3) is 0 Å². The number of rotatable bonds is 2. The van der Waals surface area contributed by atoms with E-state index < -0.39 is 0 Å². The van der Waals surface area contributed by atoms with Crippen LogP contribution in [0.4, 0.5) is 0 Å². The first-order valence-electron chi connectivity index (χ1n) is 3.33. The molecule has 0 aliphatic rings. The van der Waals surface area contributed by atoms with E-state index in [1.54, 1.807) is 0 Å². The molecule has 0 spiro atoms. The number of hydrogen-bond donors (Lipinski definition) is 1. The number of likely N-dealkylation sites (N-methyl/N-ethyl adjacent to an activating group) is 1. The zero-order valence-corrected chi connectivity index (χ0v) is 7.14. The van der Waals surface area contributed by atoms with Crippen molar-refractivity contribution in [1.29, 1.82) is 0 Å². The zero-order chi connectivity index (χ0) is 8.36. The highest BCUT2D eigenvalue weighted by Gasteiger charge is 2.17. The second kappa shape index (κ2) is 3.01. The van der Waals surface area contributed by atoms with E-state index in [0.717, 1.165) is 0 Å². The monoisotopic (exact) mass is 144 g/mol. The molecule has 0 bridgehead atoms. The van der Waals surface area contributed by atoms with Crippen molar-refractivity contribution in [3.63, 3.8) is 0 Å². The average molecular weight is 144 g/mol. The van der Waals surface area contributed by atoms with Gasteiger partial charge in [-0.15, -0.1) is 0 Å². The molecule has 0 aromatic carbocycles. The molecule has 0 radical (unpaired) electrons. The summed E-state index contributed by atoms with van der Waals surface area (Å²) < 4.78 is 0. The highest BCUT2D eigenvalue weighted by Crippen LogP contribution is 2.08. The molecule has 0 aliphatic carbocycles. The first-order valence-corrected chi connectivity index (χ1v) is 3.33. The topological polar surface area (TPSA) is 46.3 Å². The Morgan fingerprint density at radius 3 is 2.00 bits per heavy atom. The Bertz CT molecular complexity index is 126. The third-order valence-corrected chi connectivity index (χ3v) is 1.54. The van der Waals surface area contributed by atoms with E-state index in [1.165, 1.54) is 0 Å². The molecule has 10 heavy (non-hydrogen) atoms. The number of nitrogens with two attached hydrogens (primary N) is 1. The maximum absolute atomic E-state index is 10.4. The predicted octanol–water partition coefficient (Wildman–Crippen LogP) is 0.202. The second-order valence-corrected chi connectivity index (χ2v) is 3.49. The van der Waals surface area contributed by atoms with Gasteiger partial charge in [-0.05, 0) is 27.8 Å². The van der Waals surface area contributed by atoms with Crippen LogP contribution in [0, 0.1) is 0 Å². The van der Waals surface area contributed by atoms with Crippen molar-refractivity contribution >= 4 is 5.91 Å². The van der Waals surface area contributed by atoms with Crippen LogP contribution in [-0.2, 0) is 4.79 Å². The van der Waals surface area contributed by atoms with Crippen LogP contribution in [0.5, 0.6) is 0 Å². The van der Waals surface area contributed by atoms with Gasteiger partial charge < -0.3 is 5.73 Å². The van der Waals surface area contributed by atoms with Crippen LogP contribution in [0.3, 0.4) is 0 Å². The van der Waals surface area contributed by atoms with Crippen molar-refractivity contribution in [3.8, 4) is 0 Å². The summed E-state index contributed by atoms with van der Waals surface area (Å²) in [6, 6.07) is 0. The molecule has 3 heteroatoms. The minimum Gasteiger partial charge on any atom is -0.369 e. The molecule has 3 nitrogen and oxygen atoms in total. The summed E-state index contributed by atoms with van der Waals surface area (Å²) in [6.45, 7) is 6.44. The highest BCUT2D eigenvalue weighted by atomic mass is 16.1. The van der Waals surface area contributed by atoms with Crippen molar-refractivity contribution < 1.29 is 4.79 Å². The fourth-order valence-corrected chi connectivity index (χ4v) is 0.471. The van der Waals surface area contributed by atoms with E-state index in [9.17, 15) is 4.79 Å². The van der Waals surface area contributed by atoms with Gasteiger partial charge in [-0.2, -0.15) is 0 Å². The molecule has 0 aromatic heterocycles. The Morgan fingerprint density at radius 2 is 1.90 bits per heavy atom. The fraction of sp³-hybridized carbons (Fsp3) is 0.857. The number of nitrogens with zero attached hydrogens (tertiary/aromatic N) is 1. The van der Waals surface area contributed by atoms with Crippen LogP contribution in [0.2, 0.25) is 0 Å². The van der Waals surface area contributed by atoms with Gasteiger partial charge in [0.05, 0.1) is 6.54 Å². The Hall–Kier alpha value is -0.570. The summed E-state index contributed by atoms with van der Waals surface area (Å²) in [6.07, 6.45) is 0. The molecule has 0 saturated carbocycles. The smallest absolute Gasteiger partial charge is 0.231 e.